The molecule has 0 radical (unpaired) electrons. The fourth-order valence-corrected chi connectivity index (χ4v) is 20.7. The van der Waals surface area contributed by atoms with Gasteiger partial charge in [0.05, 0.1) is 33.5 Å². The molecule has 0 aliphatic rings. The number of benzene rings is 23. The summed E-state index contributed by atoms with van der Waals surface area (Å²) in [6.07, 6.45) is 0. The summed E-state index contributed by atoms with van der Waals surface area (Å²) >= 11 is 0. The van der Waals surface area contributed by atoms with Gasteiger partial charge in [0, 0.05) is 60.3 Å². The van der Waals surface area contributed by atoms with Crippen LogP contribution in [-0.4, -0.2) is 24.5 Å². The predicted molar refractivity (Wildman–Crippen MR) is 539 cm³/mol. The molecule has 4 aromatic heterocycles. The van der Waals surface area contributed by atoms with Crippen LogP contribution in [0.5, 0.6) is 0 Å². The van der Waals surface area contributed by atoms with Gasteiger partial charge in [0.25, 0.3) is 0 Å². The molecular formula is C122H73N5O. The number of hydrogen-bond donors (Lipinski definition) is 0. The van der Waals surface area contributed by atoms with Gasteiger partial charge in [0.1, 0.15) is 11.3 Å². The zero-order chi connectivity index (χ0) is 84.0. The first-order valence-electron chi connectivity index (χ1n) is 43.8. The van der Waals surface area contributed by atoms with Gasteiger partial charge in [-0.15, -0.1) is 0 Å². The molecule has 27 aromatic rings. The standard InChI is InChI=1S/C62H36N2O.C60H37N3/c1-3-17-41-39(15-1)33-54(47-23-7-5-19-43(41)47)55-36-58(56-34-40-16-2-4-18-42(40)44-20-6-8-24-48(44)56)63-59-50-26-12-10-25-49(50)53(35-57(55)59)37-29-31-38(32-30-37)62-64-60-51-27-13-9-21-45(51)46-22-11-14-28-52(46)61(60)65-62;1-2-18-42(19-3-1)63-58-29-15-14-28-56(58)62-60(63)39-32-30-38(31-33-39)51-36-55-53(52-34-40-16-4-6-20-43(40)45-22-8-10-24-47(45)52)37-57(61-59(55)50-27-13-12-26-49(50)51)54-35-41-17-5-7-21-44(41)46-23-9-11-25-48(46)54/h1-36H;1-37H. The van der Waals surface area contributed by atoms with Crippen LogP contribution in [0.25, 0.3) is 269 Å². The molecule has 4 heterocycles. The van der Waals surface area contributed by atoms with E-state index in [4.69, 9.17) is 24.4 Å². The Labute approximate surface area is 735 Å². The fraction of sp³-hybridized carbons (Fsp3) is 0. The Morgan fingerprint density at radius 2 is 0.477 bits per heavy atom. The van der Waals surface area contributed by atoms with Gasteiger partial charge in [-0.1, -0.05) is 358 Å². The maximum absolute atomic E-state index is 6.66. The Bertz CT molecular complexity index is 9260. The van der Waals surface area contributed by atoms with Gasteiger partial charge in [0.2, 0.25) is 5.89 Å². The molecule has 0 atom stereocenters. The molecule has 27 rings (SSSR count). The number of hydrogen-bond acceptors (Lipinski definition) is 5. The van der Waals surface area contributed by atoms with E-state index in [0.717, 1.165) is 149 Å². The normalized spacial score (nSPS) is 11.9. The van der Waals surface area contributed by atoms with E-state index in [1.165, 1.54) is 114 Å². The average molecular weight is 1620 g/mol. The molecule has 0 amide bonds. The van der Waals surface area contributed by atoms with E-state index < -0.39 is 0 Å². The first-order valence-corrected chi connectivity index (χ1v) is 43.8. The molecule has 0 fully saturated rings. The van der Waals surface area contributed by atoms with Crippen molar-refractivity contribution in [2.45, 2.75) is 0 Å². The van der Waals surface area contributed by atoms with Crippen molar-refractivity contribution in [2.75, 3.05) is 0 Å². The third-order valence-electron chi connectivity index (χ3n) is 26.6. The minimum Gasteiger partial charge on any atom is -0.435 e. The number of para-hydroxylation sites is 3. The highest BCUT2D eigenvalue weighted by Crippen LogP contribution is 2.50. The number of nitrogens with zero attached hydrogens (tertiary/aromatic N) is 5. The zero-order valence-electron chi connectivity index (χ0n) is 69.3. The summed E-state index contributed by atoms with van der Waals surface area (Å²) in [5.41, 5.74) is 22.2. The van der Waals surface area contributed by atoms with E-state index in [1.807, 2.05) is 0 Å². The summed E-state index contributed by atoms with van der Waals surface area (Å²) in [7, 11) is 0. The molecule has 0 saturated carbocycles. The van der Waals surface area contributed by atoms with Crippen molar-refractivity contribution in [1.29, 1.82) is 0 Å². The number of oxazole rings is 1. The maximum Gasteiger partial charge on any atom is 0.227 e. The molecule has 6 heteroatoms. The summed E-state index contributed by atoms with van der Waals surface area (Å²) in [5, 5.41) is 30.8. The first kappa shape index (κ1) is 72.6. The van der Waals surface area contributed by atoms with Gasteiger partial charge in [-0.3, -0.25) is 4.57 Å². The molecule has 0 saturated heterocycles. The minimum atomic E-state index is 0.611. The van der Waals surface area contributed by atoms with Crippen molar-refractivity contribution in [3.05, 3.63) is 443 Å². The third kappa shape index (κ3) is 11.7. The number of fused-ring (bicyclic) bond motifs is 25. The smallest absolute Gasteiger partial charge is 0.227 e. The van der Waals surface area contributed by atoms with Crippen LogP contribution in [0.2, 0.25) is 0 Å². The highest BCUT2D eigenvalue weighted by molar-refractivity contribution is 6.26. The lowest BCUT2D eigenvalue weighted by atomic mass is 9.87. The first-order chi connectivity index (χ1) is 63.5. The number of pyridine rings is 2. The third-order valence-corrected chi connectivity index (χ3v) is 26.6. The van der Waals surface area contributed by atoms with Crippen LogP contribution in [0, 0.1) is 0 Å². The van der Waals surface area contributed by atoms with E-state index in [1.54, 1.807) is 0 Å². The summed E-state index contributed by atoms with van der Waals surface area (Å²) < 4.78 is 8.92. The average Bonchev–Trinajstić information content (AvgIpc) is 0.876. The molecule has 0 spiro atoms. The molecular weight excluding hydrogens is 1550 g/mol. The second-order valence-electron chi connectivity index (χ2n) is 33.6. The summed E-state index contributed by atoms with van der Waals surface area (Å²) in [6.45, 7) is 0. The molecule has 0 aliphatic heterocycles. The number of rotatable bonds is 9. The van der Waals surface area contributed by atoms with Gasteiger partial charge in [-0.05, 0) is 237 Å². The predicted octanol–water partition coefficient (Wildman–Crippen LogP) is 33.1. The van der Waals surface area contributed by atoms with Crippen LogP contribution in [0.15, 0.2) is 447 Å². The Morgan fingerprint density at radius 3 is 0.906 bits per heavy atom. The Morgan fingerprint density at radius 1 is 0.180 bits per heavy atom. The van der Waals surface area contributed by atoms with Gasteiger partial charge in [0.15, 0.2) is 5.58 Å². The largest absolute Gasteiger partial charge is 0.435 e. The second-order valence-corrected chi connectivity index (χ2v) is 33.6. The molecule has 128 heavy (non-hydrogen) atoms. The van der Waals surface area contributed by atoms with Crippen LogP contribution >= 0.6 is 0 Å². The van der Waals surface area contributed by atoms with Crippen molar-refractivity contribution in [3.63, 3.8) is 0 Å². The van der Waals surface area contributed by atoms with Crippen LogP contribution in [-0.2, 0) is 0 Å². The van der Waals surface area contributed by atoms with Crippen LogP contribution in [0.4, 0.5) is 0 Å². The summed E-state index contributed by atoms with van der Waals surface area (Å²) in [6, 6.07) is 160. The van der Waals surface area contributed by atoms with Crippen molar-refractivity contribution in [1.82, 2.24) is 24.5 Å². The second kappa shape index (κ2) is 29.3. The lowest BCUT2D eigenvalue weighted by Crippen LogP contribution is -1.97. The lowest BCUT2D eigenvalue weighted by molar-refractivity contribution is 0.623. The Hall–Kier alpha value is -17.1. The SMILES string of the molecule is c1ccc(-n2c(-c3ccc(-c4cc5c(-c6cc7ccccc7c7ccccc67)cc(-c6cc7ccccc7c7ccccc67)nc5c5ccccc45)cc3)nc3ccccc32)cc1.c1ccc2c(c1)cc(-c1cc(-c3cc4ccccc4c4ccccc34)c3cc(-c4ccc(-c5nc6c7ccccc7c7ccccc7c6o5)cc4)c4ccccc4c3n1)c1ccccc12. The van der Waals surface area contributed by atoms with Gasteiger partial charge in [-0.2, -0.15) is 0 Å². The maximum atomic E-state index is 6.66. The quantitative estimate of drug-likeness (QED) is 0.135. The highest BCUT2D eigenvalue weighted by Gasteiger charge is 2.26. The van der Waals surface area contributed by atoms with Gasteiger partial charge >= 0.3 is 0 Å². The van der Waals surface area contributed by atoms with E-state index >= 15 is 0 Å². The number of imidazole rings is 1. The monoisotopic (exact) mass is 1620 g/mol. The molecule has 0 unspecified atom stereocenters. The zero-order valence-corrected chi connectivity index (χ0v) is 69.3. The molecule has 0 aliphatic carbocycles. The van der Waals surface area contributed by atoms with E-state index in [2.05, 4.69) is 447 Å². The van der Waals surface area contributed by atoms with E-state index in [9.17, 15) is 0 Å². The number of aromatic nitrogens is 5. The molecule has 0 N–H and O–H groups in total. The highest BCUT2D eigenvalue weighted by atomic mass is 16.3. The van der Waals surface area contributed by atoms with Crippen molar-refractivity contribution in [3.8, 4) is 95.6 Å². The topological polar surface area (TPSA) is 69.6 Å². The summed E-state index contributed by atoms with van der Waals surface area (Å²) in [5.74, 6) is 1.53. The van der Waals surface area contributed by atoms with Crippen molar-refractivity contribution >= 4 is 173 Å². The molecule has 592 valence electrons. The molecule has 6 nitrogen and oxygen atoms in total. The van der Waals surface area contributed by atoms with Crippen molar-refractivity contribution in [2.24, 2.45) is 0 Å². The summed E-state index contributed by atoms with van der Waals surface area (Å²) in [4.78, 5) is 21.7. The van der Waals surface area contributed by atoms with Crippen LogP contribution < -0.4 is 0 Å². The van der Waals surface area contributed by atoms with Crippen molar-refractivity contribution < 1.29 is 4.42 Å². The molecule has 0 bridgehead atoms. The lowest BCUT2D eigenvalue weighted by Gasteiger charge is -2.19. The van der Waals surface area contributed by atoms with Gasteiger partial charge in [-0.25, -0.2) is 19.9 Å². The minimum absolute atomic E-state index is 0.611. The van der Waals surface area contributed by atoms with E-state index in [-0.39, 0.29) is 0 Å². The van der Waals surface area contributed by atoms with Gasteiger partial charge < -0.3 is 4.42 Å². The Balaban J connectivity index is 0.000000136. The van der Waals surface area contributed by atoms with Crippen LogP contribution in [0.3, 0.4) is 0 Å². The molecule has 23 aromatic carbocycles. The van der Waals surface area contributed by atoms with E-state index in [0.29, 0.717) is 5.89 Å². The van der Waals surface area contributed by atoms with Crippen LogP contribution in [0.1, 0.15) is 0 Å². The Kier molecular flexibility index (Phi) is 16.6. The fourth-order valence-electron chi connectivity index (χ4n) is 20.7.